The summed E-state index contributed by atoms with van der Waals surface area (Å²) in [6.45, 7) is 7.47. The Bertz CT molecular complexity index is 584. The molecule has 1 aliphatic heterocycles. The van der Waals surface area contributed by atoms with Gasteiger partial charge in [0.05, 0.1) is 5.69 Å². The molecule has 0 spiro atoms. The third-order valence-electron chi connectivity index (χ3n) is 5.88. The molecule has 0 radical (unpaired) electrons. The lowest BCUT2D eigenvalue weighted by Gasteiger charge is -2.42. The number of hydrogen-bond donors (Lipinski definition) is 1. The summed E-state index contributed by atoms with van der Waals surface area (Å²) < 4.78 is 1.79. The van der Waals surface area contributed by atoms with Crippen LogP contribution in [-0.2, 0) is 11.8 Å². The predicted molar refractivity (Wildman–Crippen MR) is 93.1 cm³/mol. The third kappa shape index (κ3) is 3.35. The quantitative estimate of drug-likeness (QED) is 0.914. The first kappa shape index (κ1) is 17.4. The van der Waals surface area contributed by atoms with Crippen LogP contribution >= 0.6 is 0 Å². The molecule has 0 amide bonds. The molecule has 3 rings (SSSR count). The van der Waals surface area contributed by atoms with Gasteiger partial charge in [0.2, 0.25) is 0 Å². The molecule has 1 aromatic heterocycles. The van der Waals surface area contributed by atoms with Crippen molar-refractivity contribution in [2.24, 2.45) is 7.05 Å². The van der Waals surface area contributed by atoms with Crippen LogP contribution in [0.1, 0.15) is 55.1 Å². The molecule has 6 nitrogen and oxygen atoms in total. The molecule has 1 N–H and O–H groups in total. The summed E-state index contributed by atoms with van der Waals surface area (Å²) in [5.74, 6) is -0.764. The van der Waals surface area contributed by atoms with Gasteiger partial charge in [0.15, 0.2) is 0 Å². The van der Waals surface area contributed by atoms with E-state index in [2.05, 4.69) is 14.9 Å². The minimum atomic E-state index is -0.764. The van der Waals surface area contributed by atoms with Crippen molar-refractivity contribution < 1.29 is 9.90 Å². The fourth-order valence-electron chi connectivity index (χ4n) is 4.45. The van der Waals surface area contributed by atoms with Crippen molar-refractivity contribution in [2.75, 3.05) is 26.2 Å². The van der Waals surface area contributed by atoms with E-state index >= 15 is 0 Å². The topological polar surface area (TPSA) is 61.6 Å². The highest BCUT2D eigenvalue weighted by Crippen LogP contribution is 2.29. The van der Waals surface area contributed by atoms with Crippen LogP contribution < -0.4 is 0 Å². The summed E-state index contributed by atoms with van der Waals surface area (Å²) in [5, 5.41) is 14.3. The van der Waals surface area contributed by atoms with E-state index in [0.717, 1.165) is 43.1 Å². The van der Waals surface area contributed by atoms with Crippen LogP contribution in [0.25, 0.3) is 0 Å². The number of aromatic nitrogens is 2. The Balaban J connectivity index is 1.71. The molecule has 0 unspecified atom stereocenters. The number of piperazine rings is 1. The lowest BCUT2D eigenvalue weighted by Crippen LogP contribution is -2.52. The van der Waals surface area contributed by atoms with E-state index in [1.165, 1.54) is 32.1 Å². The van der Waals surface area contributed by atoms with Gasteiger partial charge in [-0.3, -0.25) is 19.3 Å². The van der Waals surface area contributed by atoms with Crippen LogP contribution in [0.4, 0.5) is 0 Å². The zero-order valence-corrected chi connectivity index (χ0v) is 15.2. The van der Waals surface area contributed by atoms with Gasteiger partial charge in [-0.1, -0.05) is 19.3 Å². The van der Waals surface area contributed by atoms with E-state index in [4.69, 9.17) is 0 Å². The van der Waals surface area contributed by atoms with Gasteiger partial charge in [0, 0.05) is 50.5 Å². The molecule has 134 valence electrons. The Morgan fingerprint density at radius 1 is 1.12 bits per heavy atom. The first-order chi connectivity index (χ1) is 11.5. The van der Waals surface area contributed by atoms with Crippen molar-refractivity contribution in [2.45, 2.75) is 58.0 Å². The number of hydrogen-bond acceptors (Lipinski definition) is 4. The Morgan fingerprint density at radius 3 is 2.25 bits per heavy atom. The van der Waals surface area contributed by atoms with Crippen molar-refractivity contribution in [3.8, 4) is 0 Å². The molecular weight excluding hydrogens is 304 g/mol. The van der Waals surface area contributed by atoms with E-state index in [1.54, 1.807) is 4.68 Å². The minimum Gasteiger partial charge on any atom is -0.480 e. The second kappa shape index (κ2) is 7.23. The summed E-state index contributed by atoms with van der Waals surface area (Å²) in [6.07, 6.45) is 6.68. The number of rotatable bonds is 4. The Labute approximate surface area is 144 Å². The number of carboxylic acid groups (broad SMARTS) is 1. The number of carboxylic acids is 1. The van der Waals surface area contributed by atoms with Crippen LogP contribution in [0.2, 0.25) is 0 Å². The monoisotopic (exact) mass is 334 g/mol. The van der Waals surface area contributed by atoms with E-state index in [-0.39, 0.29) is 0 Å². The highest BCUT2D eigenvalue weighted by atomic mass is 16.4. The smallest absolute Gasteiger partial charge is 0.325 e. The second-order valence-electron chi connectivity index (χ2n) is 7.31. The fourth-order valence-corrected chi connectivity index (χ4v) is 4.45. The van der Waals surface area contributed by atoms with Gasteiger partial charge in [0.1, 0.15) is 6.04 Å². The molecule has 1 aliphatic carbocycles. The first-order valence-electron chi connectivity index (χ1n) is 9.20. The van der Waals surface area contributed by atoms with Gasteiger partial charge in [0.25, 0.3) is 0 Å². The van der Waals surface area contributed by atoms with Crippen molar-refractivity contribution in [3.63, 3.8) is 0 Å². The zero-order valence-electron chi connectivity index (χ0n) is 15.2. The average Bonchev–Trinajstić information content (AvgIpc) is 2.83. The average molecular weight is 334 g/mol. The number of nitrogens with zero attached hydrogens (tertiary/aromatic N) is 4. The summed E-state index contributed by atoms with van der Waals surface area (Å²) in [6, 6.07) is 0.137. The van der Waals surface area contributed by atoms with Crippen molar-refractivity contribution >= 4 is 5.97 Å². The van der Waals surface area contributed by atoms with Crippen molar-refractivity contribution in [1.29, 1.82) is 0 Å². The molecular formula is C18H30N4O2. The zero-order chi connectivity index (χ0) is 17.3. The molecule has 2 heterocycles. The maximum atomic E-state index is 12.0. The lowest BCUT2D eigenvalue weighted by atomic mass is 9.93. The normalized spacial score (nSPS) is 22.6. The summed E-state index contributed by atoms with van der Waals surface area (Å²) in [4.78, 5) is 16.7. The van der Waals surface area contributed by atoms with E-state index in [0.29, 0.717) is 6.04 Å². The lowest BCUT2D eigenvalue weighted by molar-refractivity contribution is -0.144. The molecule has 24 heavy (non-hydrogen) atoms. The predicted octanol–water partition coefficient (Wildman–Crippen LogP) is 2.11. The highest BCUT2D eigenvalue weighted by molar-refractivity contribution is 5.76. The van der Waals surface area contributed by atoms with Crippen LogP contribution in [0, 0.1) is 13.8 Å². The minimum absolute atomic E-state index is 0.577. The first-order valence-corrected chi connectivity index (χ1v) is 9.20. The second-order valence-corrected chi connectivity index (χ2v) is 7.31. The van der Waals surface area contributed by atoms with E-state index in [9.17, 15) is 9.90 Å². The molecule has 2 fully saturated rings. The number of aryl methyl sites for hydroxylation is 2. The van der Waals surface area contributed by atoms with Gasteiger partial charge in [-0.05, 0) is 26.7 Å². The maximum Gasteiger partial charge on any atom is 0.325 e. The molecule has 0 aromatic carbocycles. The van der Waals surface area contributed by atoms with Crippen molar-refractivity contribution in [3.05, 3.63) is 17.0 Å². The van der Waals surface area contributed by atoms with Crippen LogP contribution in [0.15, 0.2) is 0 Å². The molecule has 0 bridgehead atoms. The maximum absolute atomic E-state index is 12.0. The summed E-state index contributed by atoms with van der Waals surface area (Å²) in [7, 11) is 1.88. The van der Waals surface area contributed by atoms with Gasteiger partial charge < -0.3 is 5.11 Å². The van der Waals surface area contributed by atoms with Crippen molar-refractivity contribution in [1.82, 2.24) is 19.6 Å². The largest absolute Gasteiger partial charge is 0.480 e. The fraction of sp³-hybridized carbons (Fsp3) is 0.778. The number of carbonyl (C=O) groups is 1. The molecule has 1 saturated heterocycles. The molecule has 1 atom stereocenters. The Morgan fingerprint density at radius 2 is 1.75 bits per heavy atom. The standard InChI is InChI=1S/C18H30N4O2/c1-13-16(14(2)20(3)19-13)17(18(23)24)22-11-9-21(10-12-22)15-7-5-4-6-8-15/h15,17H,4-12H2,1-3H3,(H,23,24)/t17-/m1/s1. The Hall–Kier alpha value is -1.40. The van der Waals surface area contributed by atoms with Gasteiger partial charge in [-0.15, -0.1) is 0 Å². The van der Waals surface area contributed by atoms with Gasteiger partial charge >= 0.3 is 5.97 Å². The van der Waals surface area contributed by atoms with Crippen LogP contribution in [0.3, 0.4) is 0 Å². The van der Waals surface area contributed by atoms with Crippen LogP contribution in [-0.4, -0.2) is 62.9 Å². The molecule has 6 heteroatoms. The molecule has 1 aromatic rings. The SMILES string of the molecule is Cc1nn(C)c(C)c1[C@H](C(=O)O)N1CCN(C2CCCCC2)CC1. The van der Waals surface area contributed by atoms with E-state index < -0.39 is 12.0 Å². The van der Waals surface area contributed by atoms with E-state index in [1.807, 2.05) is 20.9 Å². The molecule has 1 saturated carbocycles. The molecule has 2 aliphatic rings. The number of aliphatic carboxylic acids is 1. The Kier molecular flexibility index (Phi) is 5.25. The highest BCUT2D eigenvalue weighted by Gasteiger charge is 2.35. The summed E-state index contributed by atoms with van der Waals surface area (Å²) >= 11 is 0. The van der Waals surface area contributed by atoms with Gasteiger partial charge in [-0.2, -0.15) is 5.10 Å². The summed E-state index contributed by atoms with van der Waals surface area (Å²) in [5.41, 5.74) is 2.66. The van der Waals surface area contributed by atoms with Gasteiger partial charge in [-0.25, -0.2) is 0 Å². The third-order valence-corrected chi connectivity index (χ3v) is 5.88. The van der Waals surface area contributed by atoms with Crippen LogP contribution in [0.5, 0.6) is 0 Å².